The lowest BCUT2D eigenvalue weighted by molar-refractivity contribution is -0.137. The zero-order chi connectivity index (χ0) is 21.4. The molecule has 2 rings (SSSR count). The van der Waals surface area contributed by atoms with Crippen LogP contribution in [0.4, 0.5) is 0 Å². The number of rotatable bonds is 6. The molecule has 0 aliphatic carbocycles. The molecule has 7 heteroatoms. The van der Waals surface area contributed by atoms with Gasteiger partial charge in [0.25, 0.3) is 5.91 Å². The summed E-state index contributed by atoms with van der Waals surface area (Å²) < 4.78 is 1.87. The van der Waals surface area contributed by atoms with Crippen molar-refractivity contribution < 1.29 is 14.7 Å². The fraction of sp³-hybridized carbons (Fsp3) is 0.619. The van der Waals surface area contributed by atoms with Crippen LogP contribution in [0.2, 0.25) is 0 Å². The molecule has 0 unspecified atom stereocenters. The van der Waals surface area contributed by atoms with Crippen LogP contribution in [0.1, 0.15) is 82.6 Å². The number of carbonyl (C=O) groups excluding carboxylic acids is 1. The van der Waals surface area contributed by atoms with E-state index in [0.717, 1.165) is 16.8 Å². The van der Waals surface area contributed by atoms with Gasteiger partial charge in [-0.15, -0.1) is 0 Å². The van der Waals surface area contributed by atoms with Gasteiger partial charge in [-0.05, 0) is 53.5 Å². The van der Waals surface area contributed by atoms with Crippen LogP contribution in [-0.4, -0.2) is 49.2 Å². The van der Waals surface area contributed by atoms with E-state index in [1.807, 2.05) is 45.4 Å². The van der Waals surface area contributed by atoms with Crippen LogP contribution in [0.15, 0.2) is 6.07 Å². The van der Waals surface area contributed by atoms with E-state index in [-0.39, 0.29) is 36.4 Å². The number of aliphatic carboxylic acids is 1. The molecule has 0 radical (unpaired) electrons. The second-order valence-electron chi connectivity index (χ2n) is 8.85. The number of pyridine rings is 1. The highest BCUT2D eigenvalue weighted by atomic mass is 16.4. The number of aromatic nitrogens is 3. The van der Waals surface area contributed by atoms with Crippen molar-refractivity contribution in [3.8, 4) is 0 Å². The Balaban J connectivity index is 2.72. The maximum Gasteiger partial charge on any atom is 0.305 e. The zero-order valence-electron chi connectivity index (χ0n) is 18.2. The highest BCUT2D eigenvalue weighted by Gasteiger charge is 2.28. The van der Waals surface area contributed by atoms with E-state index in [1.165, 1.54) is 0 Å². The Kier molecular flexibility index (Phi) is 6.16. The third-order valence-electron chi connectivity index (χ3n) is 4.74. The molecular weight excluding hydrogens is 356 g/mol. The molecule has 0 bridgehead atoms. The molecule has 0 saturated heterocycles. The van der Waals surface area contributed by atoms with Crippen molar-refractivity contribution in [3.63, 3.8) is 0 Å². The van der Waals surface area contributed by atoms with Crippen molar-refractivity contribution >= 4 is 22.9 Å². The summed E-state index contributed by atoms with van der Waals surface area (Å²) in [4.78, 5) is 30.9. The van der Waals surface area contributed by atoms with Crippen LogP contribution in [0.5, 0.6) is 0 Å². The average molecular weight is 389 g/mol. The Bertz CT molecular complexity index is 891. The third-order valence-corrected chi connectivity index (χ3v) is 4.74. The van der Waals surface area contributed by atoms with E-state index in [0.29, 0.717) is 11.2 Å². The van der Waals surface area contributed by atoms with Gasteiger partial charge in [-0.1, -0.05) is 13.8 Å². The van der Waals surface area contributed by atoms with E-state index in [2.05, 4.69) is 25.9 Å². The smallest absolute Gasteiger partial charge is 0.305 e. The molecule has 0 spiro atoms. The van der Waals surface area contributed by atoms with E-state index in [4.69, 9.17) is 10.1 Å². The lowest BCUT2D eigenvalue weighted by Crippen LogP contribution is -2.38. The number of hydrogen-bond acceptors (Lipinski definition) is 4. The number of aryl methyl sites for hydroxylation is 1. The number of fused-ring (bicyclic) bond motifs is 1. The van der Waals surface area contributed by atoms with Crippen molar-refractivity contribution in [2.24, 2.45) is 0 Å². The molecular formula is C21H32N4O3. The largest absolute Gasteiger partial charge is 0.481 e. The van der Waals surface area contributed by atoms with Gasteiger partial charge in [-0.25, -0.2) is 9.67 Å². The van der Waals surface area contributed by atoms with Crippen LogP contribution in [0, 0.1) is 6.92 Å². The number of amides is 1. The highest BCUT2D eigenvalue weighted by molar-refractivity contribution is 6.06. The van der Waals surface area contributed by atoms with Crippen LogP contribution < -0.4 is 0 Å². The molecule has 0 fully saturated rings. The number of carboxylic acid groups (broad SMARTS) is 1. The van der Waals surface area contributed by atoms with Gasteiger partial charge in [0.05, 0.1) is 28.6 Å². The van der Waals surface area contributed by atoms with Crippen molar-refractivity contribution in [2.45, 2.75) is 79.3 Å². The van der Waals surface area contributed by atoms with Gasteiger partial charge < -0.3 is 10.0 Å². The zero-order valence-corrected chi connectivity index (χ0v) is 18.2. The summed E-state index contributed by atoms with van der Waals surface area (Å²) in [5.41, 5.74) is 2.53. The van der Waals surface area contributed by atoms with Gasteiger partial charge in [0.15, 0.2) is 5.65 Å². The maximum atomic E-state index is 13.5. The minimum Gasteiger partial charge on any atom is -0.481 e. The molecule has 2 aromatic heterocycles. The van der Waals surface area contributed by atoms with Crippen LogP contribution in [-0.2, 0) is 10.3 Å². The molecule has 2 heterocycles. The van der Waals surface area contributed by atoms with Crippen LogP contribution in [0.3, 0.4) is 0 Å². The quantitative estimate of drug-likeness (QED) is 0.809. The molecule has 28 heavy (non-hydrogen) atoms. The average Bonchev–Trinajstić information content (AvgIpc) is 2.90. The Morgan fingerprint density at radius 1 is 1.21 bits per heavy atom. The Morgan fingerprint density at radius 2 is 1.82 bits per heavy atom. The number of carboxylic acids is 1. The molecule has 1 N–H and O–H groups in total. The lowest BCUT2D eigenvalue weighted by Gasteiger charge is -2.27. The number of nitrogens with zero attached hydrogens (tertiary/aromatic N) is 4. The van der Waals surface area contributed by atoms with Crippen LogP contribution in [0.25, 0.3) is 11.0 Å². The summed E-state index contributed by atoms with van der Waals surface area (Å²) in [5, 5.41) is 14.5. The molecule has 7 nitrogen and oxygen atoms in total. The first-order chi connectivity index (χ1) is 12.8. The third kappa shape index (κ3) is 4.34. The van der Waals surface area contributed by atoms with Crippen molar-refractivity contribution in [1.82, 2.24) is 19.7 Å². The highest BCUT2D eigenvalue weighted by Crippen LogP contribution is 2.30. The Morgan fingerprint density at radius 3 is 2.29 bits per heavy atom. The fourth-order valence-corrected chi connectivity index (χ4v) is 3.21. The Labute approximate surface area is 166 Å². The van der Waals surface area contributed by atoms with Crippen molar-refractivity contribution in [3.05, 3.63) is 23.0 Å². The lowest BCUT2D eigenvalue weighted by atomic mass is 10.0. The van der Waals surface area contributed by atoms with Gasteiger partial charge in [-0.3, -0.25) is 9.59 Å². The molecule has 0 aromatic carbocycles. The second-order valence-corrected chi connectivity index (χ2v) is 8.85. The van der Waals surface area contributed by atoms with Gasteiger partial charge >= 0.3 is 5.97 Å². The van der Waals surface area contributed by atoms with E-state index < -0.39 is 5.97 Å². The van der Waals surface area contributed by atoms with Crippen molar-refractivity contribution in [1.29, 1.82) is 0 Å². The van der Waals surface area contributed by atoms with Gasteiger partial charge in [0, 0.05) is 18.3 Å². The molecule has 0 aliphatic heterocycles. The summed E-state index contributed by atoms with van der Waals surface area (Å²) in [6.45, 7) is 16.1. The summed E-state index contributed by atoms with van der Waals surface area (Å²) in [5.74, 6) is -0.953. The molecule has 2 aromatic rings. The van der Waals surface area contributed by atoms with E-state index in [1.54, 1.807) is 4.90 Å². The molecule has 0 saturated carbocycles. The standard InChI is InChI=1S/C21H32N4O3/c1-12(2)16-11-15(20(28)24(13(3)4)10-9-17(26)27)18-14(5)23-25(19(18)22-16)21(6,7)8/h11-13H,9-10H2,1-8H3,(H,26,27). The predicted molar refractivity (Wildman–Crippen MR) is 110 cm³/mol. The van der Waals surface area contributed by atoms with Gasteiger partial charge in [0.2, 0.25) is 0 Å². The van der Waals surface area contributed by atoms with E-state index in [9.17, 15) is 9.59 Å². The maximum absolute atomic E-state index is 13.5. The molecule has 154 valence electrons. The van der Waals surface area contributed by atoms with Gasteiger partial charge in [0.1, 0.15) is 0 Å². The summed E-state index contributed by atoms with van der Waals surface area (Å²) in [6.07, 6.45) is -0.0879. The predicted octanol–water partition coefficient (Wildman–Crippen LogP) is 3.94. The first-order valence-corrected chi connectivity index (χ1v) is 9.78. The summed E-state index contributed by atoms with van der Waals surface area (Å²) in [7, 11) is 0. The first kappa shape index (κ1) is 21.9. The monoisotopic (exact) mass is 388 g/mol. The topological polar surface area (TPSA) is 88.3 Å². The summed E-state index contributed by atoms with van der Waals surface area (Å²) >= 11 is 0. The normalized spacial score (nSPS) is 12.2. The fourth-order valence-electron chi connectivity index (χ4n) is 3.21. The molecule has 1 amide bonds. The van der Waals surface area contributed by atoms with Crippen LogP contribution >= 0.6 is 0 Å². The minimum absolute atomic E-state index is 0.0879. The Hall–Kier alpha value is -2.44. The second kappa shape index (κ2) is 7.89. The molecule has 0 aliphatic rings. The van der Waals surface area contributed by atoms with Gasteiger partial charge in [-0.2, -0.15) is 5.10 Å². The van der Waals surface area contributed by atoms with Crippen molar-refractivity contribution in [2.75, 3.05) is 6.54 Å². The first-order valence-electron chi connectivity index (χ1n) is 9.78. The number of hydrogen-bond donors (Lipinski definition) is 1. The summed E-state index contributed by atoms with van der Waals surface area (Å²) in [6, 6.07) is 1.73. The van der Waals surface area contributed by atoms with E-state index >= 15 is 0 Å². The number of carbonyl (C=O) groups is 2. The SMILES string of the molecule is Cc1nn(C(C)(C)C)c2nc(C(C)C)cc(C(=O)N(CCC(=O)O)C(C)C)c12. The molecule has 0 atom stereocenters. The minimum atomic E-state index is -0.919.